The van der Waals surface area contributed by atoms with Gasteiger partial charge >= 0.3 is 12.5 Å². The largest absolute Gasteiger partial charge is 0.461 e. The molecule has 0 unspecified atom stereocenters. The minimum absolute atomic E-state index is 0.311. The van der Waals surface area contributed by atoms with E-state index in [-0.39, 0.29) is 5.69 Å². The average Bonchev–Trinajstić information content (AvgIpc) is 3.03. The molecule has 0 aliphatic heterocycles. The highest BCUT2D eigenvalue weighted by Crippen LogP contribution is 2.35. The molecule has 0 aliphatic rings. The quantitative estimate of drug-likeness (QED) is 0.789. The van der Waals surface area contributed by atoms with Crippen molar-refractivity contribution in [1.29, 1.82) is 0 Å². The van der Waals surface area contributed by atoms with Crippen molar-refractivity contribution in [3.8, 4) is 5.75 Å². The Morgan fingerprint density at radius 3 is 2.48 bits per heavy atom. The van der Waals surface area contributed by atoms with Gasteiger partial charge in [0.1, 0.15) is 11.4 Å². The SMILES string of the molecule is CN(C(=O)c1c[nH]nc1C(F)F)c1ccccc1OC(F)(F)C(F)F. The molecule has 0 bridgehead atoms. The number of aromatic amines is 1. The van der Waals surface area contributed by atoms with Crippen molar-refractivity contribution >= 4 is 11.6 Å². The van der Waals surface area contributed by atoms with Crippen LogP contribution in [0.3, 0.4) is 0 Å². The summed E-state index contributed by atoms with van der Waals surface area (Å²) in [6, 6.07) is 4.63. The molecule has 5 nitrogen and oxygen atoms in total. The van der Waals surface area contributed by atoms with Gasteiger partial charge in [0.05, 0.1) is 11.3 Å². The third kappa shape index (κ3) is 3.86. The lowest BCUT2D eigenvalue weighted by molar-refractivity contribution is -0.253. The van der Waals surface area contributed by atoms with Gasteiger partial charge in [0.15, 0.2) is 0 Å². The van der Waals surface area contributed by atoms with Crippen molar-refractivity contribution in [3.05, 3.63) is 41.7 Å². The van der Waals surface area contributed by atoms with E-state index < -0.39 is 41.9 Å². The predicted octanol–water partition coefficient (Wildman–Crippen LogP) is 3.86. The van der Waals surface area contributed by atoms with Crippen molar-refractivity contribution in [2.24, 2.45) is 0 Å². The summed E-state index contributed by atoms with van der Waals surface area (Å²) >= 11 is 0. The first kappa shape index (κ1) is 18.6. The molecule has 0 aliphatic carbocycles. The number of aromatic nitrogens is 2. The first-order chi connectivity index (χ1) is 11.6. The topological polar surface area (TPSA) is 58.2 Å². The molecule has 0 saturated carbocycles. The summed E-state index contributed by atoms with van der Waals surface area (Å²) < 4.78 is 80.5. The number of hydrogen-bond acceptors (Lipinski definition) is 3. The Morgan fingerprint density at radius 2 is 1.88 bits per heavy atom. The molecule has 1 heterocycles. The van der Waals surface area contributed by atoms with E-state index in [1.54, 1.807) is 0 Å². The van der Waals surface area contributed by atoms with Crippen LogP contribution in [0.5, 0.6) is 5.75 Å². The van der Waals surface area contributed by atoms with Crippen molar-refractivity contribution < 1.29 is 35.9 Å². The highest BCUT2D eigenvalue weighted by molar-refractivity contribution is 6.07. The Morgan fingerprint density at radius 1 is 1.24 bits per heavy atom. The molecule has 0 saturated heterocycles. The Hall–Kier alpha value is -2.72. The second kappa shape index (κ2) is 7.03. The zero-order chi connectivity index (χ0) is 18.8. The van der Waals surface area contributed by atoms with E-state index in [4.69, 9.17) is 0 Å². The van der Waals surface area contributed by atoms with Gasteiger partial charge in [-0.15, -0.1) is 0 Å². The molecule has 2 rings (SSSR count). The first-order valence-corrected chi connectivity index (χ1v) is 6.69. The molecule has 0 spiro atoms. The fraction of sp³-hybridized carbons (Fsp3) is 0.286. The lowest BCUT2D eigenvalue weighted by Gasteiger charge is -2.23. The smallest absolute Gasteiger partial charge is 0.426 e. The summed E-state index contributed by atoms with van der Waals surface area (Å²) in [6.07, 6.45) is -11.0. The Balaban J connectivity index is 2.35. The van der Waals surface area contributed by atoms with Gasteiger partial charge in [-0.1, -0.05) is 12.1 Å². The molecule has 1 aromatic heterocycles. The molecule has 1 N–H and O–H groups in total. The number of nitrogens with zero attached hydrogens (tertiary/aromatic N) is 2. The van der Waals surface area contributed by atoms with E-state index in [1.807, 2.05) is 0 Å². The third-order valence-electron chi connectivity index (χ3n) is 3.14. The number of halogens is 6. The highest BCUT2D eigenvalue weighted by Gasteiger charge is 2.44. The maximum Gasteiger partial charge on any atom is 0.461 e. The van der Waals surface area contributed by atoms with E-state index in [0.29, 0.717) is 4.90 Å². The molecule has 0 atom stereocenters. The number of carbonyl (C=O) groups excluding carboxylic acids is 1. The number of hydrogen-bond donors (Lipinski definition) is 1. The van der Waals surface area contributed by atoms with Gasteiger partial charge in [0.25, 0.3) is 12.3 Å². The molecule has 0 radical (unpaired) electrons. The van der Waals surface area contributed by atoms with Crippen LogP contribution in [0.15, 0.2) is 30.5 Å². The van der Waals surface area contributed by atoms with Crippen molar-refractivity contribution in [3.63, 3.8) is 0 Å². The number of rotatable bonds is 6. The second-order valence-electron chi connectivity index (χ2n) is 4.78. The van der Waals surface area contributed by atoms with Gasteiger partial charge < -0.3 is 9.64 Å². The Bertz CT molecular complexity index is 750. The Labute approximate surface area is 137 Å². The molecule has 25 heavy (non-hydrogen) atoms. The van der Waals surface area contributed by atoms with Crippen molar-refractivity contribution in [1.82, 2.24) is 10.2 Å². The highest BCUT2D eigenvalue weighted by atomic mass is 19.3. The molecule has 1 amide bonds. The molecular formula is C14H11F6N3O2. The van der Waals surface area contributed by atoms with Crippen molar-refractivity contribution in [2.45, 2.75) is 19.0 Å². The van der Waals surface area contributed by atoms with E-state index in [0.717, 1.165) is 25.4 Å². The van der Waals surface area contributed by atoms with Gasteiger partial charge in [-0.25, -0.2) is 8.78 Å². The van der Waals surface area contributed by atoms with Crippen LogP contribution >= 0.6 is 0 Å². The summed E-state index contributed by atoms with van der Waals surface area (Å²) in [4.78, 5) is 13.0. The standard InChI is InChI=1S/C14H11F6N3O2/c1-23(12(24)7-6-21-22-10(7)11(15)16)8-4-2-3-5-9(8)25-14(19,20)13(17)18/h2-6,11,13H,1H3,(H,21,22). The normalized spacial score (nSPS) is 11.9. The van der Waals surface area contributed by atoms with Crippen LogP contribution in [0.4, 0.5) is 32.0 Å². The summed E-state index contributed by atoms with van der Waals surface area (Å²) in [7, 11) is 1.09. The second-order valence-corrected chi connectivity index (χ2v) is 4.78. The van der Waals surface area contributed by atoms with Crippen LogP contribution < -0.4 is 9.64 Å². The van der Waals surface area contributed by atoms with E-state index in [9.17, 15) is 31.1 Å². The lowest BCUT2D eigenvalue weighted by atomic mass is 10.2. The maximum atomic E-state index is 13.1. The van der Waals surface area contributed by atoms with Gasteiger partial charge in [-0.3, -0.25) is 9.89 Å². The fourth-order valence-corrected chi connectivity index (χ4v) is 1.94. The fourth-order valence-electron chi connectivity index (χ4n) is 1.94. The van der Waals surface area contributed by atoms with Gasteiger partial charge in [0.2, 0.25) is 0 Å². The number of carbonyl (C=O) groups is 1. The van der Waals surface area contributed by atoms with Crippen LogP contribution in [-0.4, -0.2) is 35.7 Å². The minimum Gasteiger partial charge on any atom is -0.426 e. The molecule has 2 aromatic rings. The maximum absolute atomic E-state index is 13.1. The zero-order valence-corrected chi connectivity index (χ0v) is 12.5. The summed E-state index contributed by atoms with van der Waals surface area (Å²) in [5.41, 5.74) is -1.63. The van der Waals surface area contributed by atoms with E-state index in [1.165, 1.54) is 12.1 Å². The van der Waals surface area contributed by atoms with Crippen molar-refractivity contribution in [2.75, 3.05) is 11.9 Å². The molecular weight excluding hydrogens is 356 g/mol. The number of anilines is 1. The summed E-state index contributed by atoms with van der Waals surface area (Å²) in [5.74, 6) is -1.73. The molecule has 136 valence electrons. The van der Waals surface area contributed by atoms with E-state index >= 15 is 0 Å². The zero-order valence-electron chi connectivity index (χ0n) is 12.5. The molecule has 1 aromatic carbocycles. The summed E-state index contributed by atoms with van der Waals surface area (Å²) in [5, 5.41) is 5.35. The van der Waals surface area contributed by atoms with Gasteiger partial charge in [-0.2, -0.15) is 22.7 Å². The Kier molecular flexibility index (Phi) is 5.24. The molecule has 0 fully saturated rings. The summed E-state index contributed by atoms with van der Waals surface area (Å²) in [6.45, 7) is 0. The number of alkyl halides is 6. The monoisotopic (exact) mass is 367 g/mol. The minimum atomic E-state index is -4.79. The number of para-hydroxylation sites is 2. The van der Waals surface area contributed by atoms with Gasteiger partial charge in [-0.05, 0) is 12.1 Å². The average molecular weight is 367 g/mol. The first-order valence-electron chi connectivity index (χ1n) is 6.69. The lowest BCUT2D eigenvalue weighted by Crippen LogP contribution is -2.35. The number of ether oxygens (including phenoxy) is 1. The van der Waals surface area contributed by atoms with Crippen LogP contribution in [0.1, 0.15) is 22.5 Å². The van der Waals surface area contributed by atoms with Crippen LogP contribution in [0.25, 0.3) is 0 Å². The van der Waals surface area contributed by atoms with Crippen LogP contribution in [0, 0.1) is 0 Å². The third-order valence-corrected chi connectivity index (χ3v) is 3.14. The van der Waals surface area contributed by atoms with Gasteiger partial charge in [0, 0.05) is 13.2 Å². The van der Waals surface area contributed by atoms with E-state index in [2.05, 4.69) is 14.9 Å². The molecule has 11 heteroatoms. The number of nitrogens with one attached hydrogen (secondary N) is 1. The van der Waals surface area contributed by atoms with Crippen LogP contribution in [0.2, 0.25) is 0 Å². The number of amides is 1. The number of benzene rings is 1. The van der Waals surface area contributed by atoms with Crippen LogP contribution in [-0.2, 0) is 0 Å². The number of H-pyrrole nitrogens is 1. The predicted molar refractivity (Wildman–Crippen MR) is 74.3 cm³/mol.